The second-order valence-electron chi connectivity index (χ2n) is 21.6. The van der Waals surface area contributed by atoms with Gasteiger partial charge in [-0.3, -0.25) is 6.08 Å². The van der Waals surface area contributed by atoms with Crippen molar-refractivity contribution in [1.29, 1.82) is 0 Å². The molecule has 3 aliphatic rings. The van der Waals surface area contributed by atoms with Crippen LogP contribution >= 0.6 is 0 Å². The second kappa shape index (κ2) is 17.7. The van der Waals surface area contributed by atoms with Crippen molar-refractivity contribution in [3.63, 3.8) is 0 Å². The van der Waals surface area contributed by atoms with E-state index in [-0.39, 0.29) is 46.5 Å². The molecule has 0 fully saturated rings. The van der Waals surface area contributed by atoms with Crippen molar-refractivity contribution < 1.29 is 49.0 Å². The molecule has 0 atom stereocenters. The summed E-state index contributed by atoms with van der Waals surface area (Å²) < 4.78 is 1.42. The van der Waals surface area contributed by atoms with Crippen LogP contribution in [0.4, 0.5) is 0 Å². The monoisotopic (exact) mass is 912 g/mol. The maximum atomic E-state index is 3.65. The van der Waals surface area contributed by atoms with Crippen LogP contribution in [0.15, 0.2) is 91.0 Å². The quantitative estimate of drug-likeness (QED) is 0.152. The molecule has 0 radical (unpaired) electrons. The Morgan fingerprint density at radius 2 is 1.03 bits per heavy atom. The van der Waals surface area contributed by atoms with E-state index in [1.807, 2.05) is 0 Å². The van der Waals surface area contributed by atoms with Gasteiger partial charge in [0.1, 0.15) is 0 Å². The Morgan fingerprint density at radius 3 is 1.43 bits per heavy atom. The predicted molar refractivity (Wildman–Crippen MR) is 250 cm³/mol. The number of fused-ring (bicyclic) bond motifs is 5. The molecule has 316 valence electrons. The van der Waals surface area contributed by atoms with Crippen molar-refractivity contribution in [3.8, 4) is 11.1 Å². The Balaban J connectivity index is 0.000000209. The van der Waals surface area contributed by atoms with E-state index in [0.29, 0.717) is 5.41 Å². The Bertz CT molecular complexity index is 2300. The molecular weight excluding hydrogens is 847 g/mol. The molecule has 0 N–H and O–H groups in total. The van der Waals surface area contributed by atoms with Gasteiger partial charge in [-0.1, -0.05) is 98.3 Å². The summed E-state index contributed by atoms with van der Waals surface area (Å²) in [7, 11) is 0. The number of halogens is 2. The van der Waals surface area contributed by atoms with Crippen LogP contribution in [0, 0.1) is 19.9 Å². The second-order valence-corrected chi connectivity index (χ2v) is 22.8. The van der Waals surface area contributed by atoms with Crippen LogP contribution < -0.4 is 24.8 Å². The van der Waals surface area contributed by atoms with Gasteiger partial charge in [-0.25, -0.2) is 11.6 Å². The van der Waals surface area contributed by atoms with Crippen LogP contribution in [0.1, 0.15) is 176 Å². The first-order valence-corrected chi connectivity index (χ1v) is 22.6. The Labute approximate surface area is 392 Å². The van der Waals surface area contributed by atoms with Gasteiger partial charge >= 0.3 is 151 Å². The molecule has 0 nitrogen and oxygen atoms in total. The zero-order valence-electron chi connectivity index (χ0n) is 39.6. The van der Waals surface area contributed by atoms with Gasteiger partial charge in [0.15, 0.2) is 0 Å². The maximum Gasteiger partial charge on any atom is 0.00873 e. The van der Waals surface area contributed by atoms with Gasteiger partial charge < -0.3 is 24.8 Å². The molecule has 60 heavy (non-hydrogen) atoms. The smallest absolute Gasteiger partial charge is 0.00873 e. The summed E-state index contributed by atoms with van der Waals surface area (Å²) in [5, 5.41) is 0. The fraction of sp³-hybridized carbons (Fsp3) is 0.404. The standard InChI is InChI=1S/C25H25.C21H26.C11H17.2ClH.Zr/c1-14-12-24(3,4)22-8-16-7-17-9-23-19(15(2)13-25(23,5)6)11-21(17)20(16)10-18(14)22;1-20(2,3)18-11-7-16(8-12-18)15-17-9-13-19(14-10-17)21(4,5)6;1-8-6-9(2)10(7-8)11(3,4)5;;;/h8-12H,7H2,1-6H3;7-14H,1-6H3;6-7H,1-5H3;2*1H;/q-1;;-1;;;+2/p-2. The summed E-state index contributed by atoms with van der Waals surface area (Å²) in [6.45, 7) is 38.4. The SMILES string of the molecule is CC(C)(C)c1ccc([C](=[Zr+2])c2ccc(C(C)(C)C)cc2)cc1.CC1=[C-]C(C)(C)c2cc3c(cc21)-c1cc2c(cc1C3)C(C)(C)C=C2C.Cc1cc(C(C)(C)C)c(C)[cH-]1.[Cl-].[Cl-]. The van der Waals surface area contributed by atoms with Crippen molar-refractivity contribution in [3.05, 3.63) is 169 Å². The van der Waals surface area contributed by atoms with E-state index in [4.69, 9.17) is 0 Å². The number of allylic oxidation sites excluding steroid dienone is 4. The molecule has 0 heterocycles. The van der Waals surface area contributed by atoms with Gasteiger partial charge in [0.2, 0.25) is 0 Å². The number of rotatable bonds is 2. The Hall–Kier alpha value is -2.96. The summed E-state index contributed by atoms with van der Waals surface area (Å²) in [5.74, 6) is 0. The van der Waals surface area contributed by atoms with Crippen molar-refractivity contribution >= 4 is 14.4 Å². The van der Waals surface area contributed by atoms with E-state index < -0.39 is 0 Å². The summed E-state index contributed by atoms with van der Waals surface area (Å²) in [4.78, 5) is 0. The topological polar surface area (TPSA) is 0 Å². The first-order chi connectivity index (χ1) is 26.7. The average Bonchev–Trinajstić information content (AvgIpc) is 3.79. The van der Waals surface area contributed by atoms with E-state index >= 15 is 0 Å². The van der Waals surface area contributed by atoms with E-state index in [1.165, 1.54) is 122 Å². The molecule has 0 aliphatic heterocycles. The molecule has 3 heteroatoms. The molecule has 0 bridgehead atoms. The minimum Gasteiger partial charge on any atom is -1.00 e. The molecule has 8 rings (SSSR count). The van der Waals surface area contributed by atoms with E-state index in [2.05, 4.69) is 215 Å². The minimum atomic E-state index is 0. The average molecular weight is 915 g/mol. The summed E-state index contributed by atoms with van der Waals surface area (Å²) in [5.41, 5.74) is 25.0. The number of hydrogen-bond donors (Lipinski definition) is 0. The Kier molecular flexibility index (Phi) is 14.6. The van der Waals surface area contributed by atoms with Gasteiger partial charge in [0.25, 0.3) is 0 Å². The van der Waals surface area contributed by atoms with Crippen molar-refractivity contribution in [2.45, 2.75) is 151 Å². The molecular formula is C57H68Cl2Zr-2. The summed E-state index contributed by atoms with van der Waals surface area (Å²) in [6, 6.07) is 32.5. The number of aryl methyl sites for hydroxylation is 2. The first-order valence-electron chi connectivity index (χ1n) is 21.4. The van der Waals surface area contributed by atoms with Crippen LogP contribution in [-0.4, -0.2) is 3.21 Å². The van der Waals surface area contributed by atoms with Crippen LogP contribution in [0.3, 0.4) is 0 Å². The van der Waals surface area contributed by atoms with Crippen molar-refractivity contribution in [2.75, 3.05) is 0 Å². The van der Waals surface area contributed by atoms with Crippen LogP contribution in [0.2, 0.25) is 0 Å². The van der Waals surface area contributed by atoms with Crippen LogP contribution in [0.25, 0.3) is 22.3 Å². The molecule has 0 unspecified atom stereocenters. The van der Waals surface area contributed by atoms with Crippen molar-refractivity contribution in [2.24, 2.45) is 0 Å². The van der Waals surface area contributed by atoms with Gasteiger partial charge in [-0.15, -0.1) is 11.6 Å². The van der Waals surface area contributed by atoms with E-state index in [0.717, 1.165) is 6.42 Å². The predicted octanol–water partition coefficient (Wildman–Crippen LogP) is 9.18. The van der Waals surface area contributed by atoms with Crippen molar-refractivity contribution in [1.82, 2.24) is 0 Å². The van der Waals surface area contributed by atoms with Gasteiger partial charge in [-0.2, -0.15) is 28.3 Å². The molecule has 5 aromatic rings. The van der Waals surface area contributed by atoms with Crippen LogP contribution in [0.5, 0.6) is 0 Å². The maximum absolute atomic E-state index is 3.65. The third kappa shape index (κ3) is 10.3. The first kappa shape index (κ1) is 49.7. The summed E-state index contributed by atoms with van der Waals surface area (Å²) in [6.07, 6.45) is 7.13. The largest absolute Gasteiger partial charge is 1.00 e. The molecule has 0 saturated heterocycles. The minimum absolute atomic E-state index is 0. The van der Waals surface area contributed by atoms with Gasteiger partial charge in [0, 0.05) is 5.41 Å². The normalized spacial score (nSPS) is 15.3. The molecule has 3 aliphatic carbocycles. The molecule has 5 aromatic carbocycles. The third-order valence-corrected chi connectivity index (χ3v) is 14.0. The molecule has 0 amide bonds. The number of hydrogen-bond acceptors (Lipinski definition) is 0. The molecule has 0 saturated carbocycles. The fourth-order valence-corrected chi connectivity index (χ4v) is 10.1. The Morgan fingerprint density at radius 1 is 0.583 bits per heavy atom. The fourth-order valence-electron chi connectivity index (χ4n) is 9.33. The zero-order chi connectivity index (χ0) is 42.9. The van der Waals surface area contributed by atoms with Gasteiger partial charge in [0.05, 0.1) is 0 Å². The van der Waals surface area contributed by atoms with E-state index in [1.54, 1.807) is 0 Å². The number of benzene rings is 4. The third-order valence-electron chi connectivity index (χ3n) is 12.6. The van der Waals surface area contributed by atoms with E-state index in [9.17, 15) is 0 Å². The van der Waals surface area contributed by atoms with Gasteiger partial charge in [-0.05, 0) is 58.4 Å². The molecule has 0 aromatic heterocycles. The molecule has 0 spiro atoms. The zero-order valence-corrected chi connectivity index (χ0v) is 43.6. The summed E-state index contributed by atoms with van der Waals surface area (Å²) >= 11 is 1.46. The van der Waals surface area contributed by atoms with Crippen LogP contribution in [-0.2, 0) is 57.7 Å².